The van der Waals surface area contributed by atoms with Crippen molar-refractivity contribution in [2.75, 3.05) is 43.0 Å². The van der Waals surface area contributed by atoms with Gasteiger partial charge in [0.1, 0.15) is 5.82 Å². The van der Waals surface area contributed by atoms with Gasteiger partial charge in [-0.1, -0.05) is 42.5 Å². The topological polar surface area (TPSA) is 31.4 Å². The minimum absolute atomic E-state index is 0.851. The molecule has 1 aliphatic rings. The molecule has 0 atom stereocenters. The molecule has 2 aromatic carbocycles. The molecule has 0 saturated carbocycles. The van der Waals surface area contributed by atoms with Crippen LogP contribution in [0.1, 0.15) is 11.3 Å². The molecule has 1 N–H and O–H groups in total. The summed E-state index contributed by atoms with van der Waals surface area (Å²) in [6.45, 7) is 7.13. The molecule has 0 bridgehead atoms. The van der Waals surface area contributed by atoms with E-state index in [1.807, 2.05) is 0 Å². The number of pyridine rings is 1. The summed E-state index contributed by atoms with van der Waals surface area (Å²) in [5.74, 6) is 1.06. The van der Waals surface area contributed by atoms with Gasteiger partial charge in [0.15, 0.2) is 0 Å². The maximum absolute atomic E-state index is 4.88. The lowest BCUT2D eigenvalue weighted by Gasteiger charge is -2.31. The number of nitrogens with one attached hydrogen (secondary N) is 1. The molecule has 2 heterocycles. The summed E-state index contributed by atoms with van der Waals surface area (Å²) >= 11 is 0. The largest absolute Gasteiger partial charge is 0.368 e. The van der Waals surface area contributed by atoms with Crippen molar-refractivity contribution in [3.8, 4) is 0 Å². The number of aryl methyl sites for hydroxylation is 1. The number of nitrogens with zero attached hydrogens (tertiary/aromatic N) is 3. The van der Waals surface area contributed by atoms with Crippen LogP contribution in [0.5, 0.6) is 0 Å². The van der Waals surface area contributed by atoms with E-state index in [1.54, 1.807) is 0 Å². The van der Waals surface area contributed by atoms with Gasteiger partial charge in [0.2, 0.25) is 0 Å². The Labute approximate surface area is 155 Å². The van der Waals surface area contributed by atoms with Gasteiger partial charge in [-0.2, -0.15) is 0 Å². The lowest BCUT2D eigenvalue weighted by atomic mass is 10.1. The molecule has 0 amide bonds. The van der Waals surface area contributed by atoms with Crippen LogP contribution in [0.2, 0.25) is 0 Å². The highest BCUT2D eigenvalue weighted by Gasteiger charge is 2.16. The first-order chi connectivity index (χ1) is 12.7. The van der Waals surface area contributed by atoms with Crippen molar-refractivity contribution < 1.29 is 0 Å². The number of benzene rings is 2. The molecular formula is C22H26N4. The fourth-order valence-corrected chi connectivity index (χ4v) is 3.77. The maximum atomic E-state index is 4.88. The molecule has 1 aromatic heterocycles. The van der Waals surface area contributed by atoms with Crippen LogP contribution in [0.15, 0.2) is 54.6 Å². The summed E-state index contributed by atoms with van der Waals surface area (Å²) < 4.78 is 0. The Hall–Kier alpha value is -2.59. The van der Waals surface area contributed by atoms with Gasteiger partial charge in [-0.05, 0) is 24.6 Å². The number of piperazine rings is 1. The van der Waals surface area contributed by atoms with Crippen LogP contribution in [0.25, 0.3) is 10.8 Å². The Morgan fingerprint density at radius 1 is 1.00 bits per heavy atom. The first kappa shape index (κ1) is 16.9. The molecule has 0 unspecified atom stereocenters. The summed E-state index contributed by atoms with van der Waals surface area (Å²) in [4.78, 5) is 9.62. The van der Waals surface area contributed by atoms with Crippen molar-refractivity contribution in [3.05, 3.63) is 65.9 Å². The first-order valence-electron chi connectivity index (χ1n) is 9.33. The third-order valence-corrected chi connectivity index (χ3v) is 5.04. The van der Waals surface area contributed by atoms with Crippen LogP contribution < -0.4 is 15.1 Å². The van der Waals surface area contributed by atoms with Gasteiger partial charge >= 0.3 is 0 Å². The van der Waals surface area contributed by atoms with E-state index >= 15 is 0 Å². The normalized spacial score (nSPS) is 14.6. The van der Waals surface area contributed by atoms with Crippen LogP contribution in [0.3, 0.4) is 0 Å². The molecule has 0 aliphatic carbocycles. The highest BCUT2D eigenvalue weighted by Crippen LogP contribution is 2.33. The Morgan fingerprint density at radius 2 is 1.77 bits per heavy atom. The minimum Gasteiger partial charge on any atom is -0.368 e. The van der Waals surface area contributed by atoms with Crippen molar-refractivity contribution in [2.45, 2.75) is 13.5 Å². The predicted octanol–water partition coefficient (Wildman–Crippen LogP) is 3.59. The summed E-state index contributed by atoms with van der Waals surface area (Å²) in [6.07, 6.45) is 0. The maximum Gasteiger partial charge on any atom is 0.136 e. The standard InChI is InChI=1S/C22H26N4/c1-17-15-20-19(9-6-10-21(20)26-13-11-23-12-14-26)22(24-17)25(2)16-18-7-4-3-5-8-18/h3-10,15,23H,11-14,16H2,1-2H3. The van der Waals surface area contributed by atoms with Crippen molar-refractivity contribution in [2.24, 2.45) is 0 Å². The average Bonchev–Trinajstić information content (AvgIpc) is 2.68. The lowest BCUT2D eigenvalue weighted by Crippen LogP contribution is -2.43. The monoisotopic (exact) mass is 346 g/mol. The van der Waals surface area contributed by atoms with Crippen molar-refractivity contribution in [1.29, 1.82) is 0 Å². The second-order valence-electron chi connectivity index (χ2n) is 7.04. The second-order valence-corrected chi connectivity index (χ2v) is 7.04. The molecular weight excluding hydrogens is 320 g/mol. The zero-order valence-electron chi connectivity index (χ0n) is 15.6. The predicted molar refractivity (Wildman–Crippen MR) is 110 cm³/mol. The Morgan fingerprint density at radius 3 is 2.54 bits per heavy atom. The third-order valence-electron chi connectivity index (χ3n) is 5.04. The molecule has 26 heavy (non-hydrogen) atoms. The first-order valence-corrected chi connectivity index (χ1v) is 9.33. The Kier molecular flexibility index (Phi) is 4.76. The summed E-state index contributed by atoms with van der Waals surface area (Å²) in [5, 5.41) is 5.97. The molecule has 4 heteroatoms. The van der Waals surface area contributed by atoms with E-state index in [4.69, 9.17) is 4.98 Å². The SMILES string of the molecule is Cc1cc2c(N3CCNCC3)cccc2c(N(C)Cc2ccccc2)n1. The molecule has 0 radical (unpaired) electrons. The van der Waals surface area contributed by atoms with Gasteiger partial charge in [0, 0.05) is 61.9 Å². The van der Waals surface area contributed by atoms with Crippen LogP contribution in [0, 0.1) is 6.92 Å². The average molecular weight is 346 g/mol. The molecule has 1 saturated heterocycles. The fraction of sp³-hybridized carbons (Fsp3) is 0.318. The van der Waals surface area contributed by atoms with Crippen molar-refractivity contribution in [3.63, 3.8) is 0 Å². The number of hydrogen-bond acceptors (Lipinski definition) is 4. The molecule has 1 fully saturated rings. The molecule has 4 nitrogen and oxygen atoms in total. The van der Waals surface area contributed by atoms with Gasteiger partial charge in [-0.25, -0.2) is 4.98 Å². The third kappa shape index (κ3) is 3.37. The summed E-state index contributed by atoms with van der Waals surface area (Å²) in [5.41, 5.74) is 3.68. The zero-order chi connectivity index (χ0) is 17.9. The van der Waals surface area contributed by atoms with Gasteiger partial charge < -0.3 is 15.1 Å². The zero-order valence-corrected chi connectivity index (χ0v) is 15.6. The number of anilines is 2. The summed E-state index contributed by atoms with van der Waals surface area (Å²) in [6, 6.07) is 19.4. The Bertz CT molecular complexity index is 885. The van der Waals surface area contributed by atoms with Gasteiger partial charge in [0.25, 0.3) is 0 Å². The smallest absolute Gasteiger partial charge is 0.136 e. The Balaban J connectivity index is 1.75. The molecule has 0 spiro atoms. The van der Waals surface area contributed by atoms with Crippen LogP contribution >= 0.6 is 0 Å². The second kappa shape index (κ2) is 7.34. The van der Waals surface area contributed by atoms with E-state index in [1.165, 1.54) is 22.0 Å². The van der Waals surface area contributed by atoms with Crippen LogP contribution in [0.4, 0.5) is 11.5 Å². The van der Waals surface area contributed by atoms with Gasteiger partial charge in [0.05, 0.1) is 0 Å². The molecule has 1 aliphatic heterocycles. The lowest BCUT2D eigenvalue weighted by molar-refractivity contribution is 0.590. The van der Waals surface area contributed by atoms with E-state index < -0.39 is 0 Å². The number of hydrogen-bond donors (Lipinski definition) is 1. The van der Waals surface area contributed by atoms with Gasteiger partial charge in [-0.15, -0.1) is 0 Å². The number of aromatic nitrogens is 1. The molecule has 3 aromatic rings. The van der Waals surface area contributed by atoms with Crippen molar-refractivity contribution >= 4 is 22.3 Å². The van der Waals surface area contributed by atoms with E-state index in [9.17, 15) is 0 Å². The molecule has 4 rings (SSSR count). The number of rotatable bonds is 4. The minimum atomic E-state index is 0.851. The summed E-state index contributed by atoms with van der Waals surface area (Å²) in [7, 11) is 2.13. The number of fused-ring (bicyclic) bond motifs is 1. The fourth-order valence-electron chi connectivity index (χ4n) is 3.77. The van der Waals surface area contributed by atoms with Gasteiger partial charge in [-0.3, -0.25) is 0 Å². The molecule has 134 valence electrons. The van der Waals surface area contributed by atoms with E-state index in [-0.39, 0.29) is 0 Å². The highest BCUT2D eigenvalue weighted by atomic mass is 15.2. The van der Waals surface area contributed by atoms with E-state index in [0.717, 1.165) is 44.2 Å². The van der Waals surface area contributed by atoms with E-state index in [0.29, 0.717) is 0 Å². The quantitative estimate of drug-likeness (QED) is 0.782. The van der Waals surface area contributed by atoms with E-state index in [2.05, 4.69) is 83.7 Å². The van der Waals surface area contributed by atoms with Crippen LogP contribution in [-0.4, -0.2) is 38.2 Å². The van der Waals surface area contributed by atoms with Crippen LogP contribution in [-0.2, 0) is 6.54 Å². The highest BCUT2D eigenvalue weighted by molar-refractivity contribution is 6.00. The van der Waals surface area contributed by atoms with Crippen molar-refractivity contribution in [1.82, 2.24) is 10.3 Å².